The Morgan fingerprint density at radius 1 is 0.925 bits per heavy atom. The molecule has 1 unspecified atom stereocenters. The molecular weight excluding hydrogens is 511 g/mol. The van der Waals surface area contributed by atoms with E-state index in [0.717, 1.165) is 59.7 Å². The zero-order valence-electron chi connectivity index (χ0n) is 22.6. The van der Waals surface area contributed by atoms with Crippen LogP contribution >= 0.6 is 0 Å². The maximum Gasteiger partial charge on any atom is 0.416 e. The Morgan fingerprint density at radius 2 is 1.65 bits per heavy atom. The summed E-state index contributed by atoms with van der Waals surface area (Å²) >= 11 is 0. The van der Waals surface area contributed by atoms with Gasteiger partial charge >= 0.3 is 6.18 Å². The predicted molar refractivity (Wildman–Crippen MR) is 154 cm³/mol. The Balaban J connectivity index is 1.35. The molecule has 0 aliphatic carbocycles. The Hall–Kier alpha value is -3.84. The van der Waals surface area contributed by atoms with Gasteiger partial charge in [-0.25, -0.2) is 0 Å². The number of carbonyl (C=O) groups is 1. The second kappa shape index (κ2) is 12.1. The molecule has 4 aromatic rings. The maximum absolute atomic E-state index is 14.1. The SMILES string of the molecule is CCc1cccc2c(C(CC(=O)N3CCN(C/C=C/c4ccccc4)CC3)c3ccccc3C(F)(F)F)c[nH]c12. The first-order chi connectivity index (χ1) is 19.3. The number of carbonyl (C=O) groups excluding carboxylic acids is 1. The van der Waals surface area contributed by atoms with Crippen molar-refractivity contribution in [2.24, 2.45) is 0 Å². The fourth-order valence-corrected chi connectivity index (χ4v) is 5.65. The van der Waals surface area contributed by atoms with Crippen LogP contribution in [0.4, 0.5) is 13.2 Å². The molecule has 1 aromatic heterocycles. The summed E-state index contributed by atoms with van der Waals surface area (Å²) in [7, 11) is 0. The highest BCUT2D eigenvalue weighted by molar-refractivity contribution is 5.88. The first-order valence-corrected chi connectivity index (χ1v) is 13.8. The van der Waals surface area contributed by atoms with Crippen LogP contribution in [0.1, 0.15) is 47.1 Å². The molecule has 0 saturated carbocycles. The lowest BCUT2D eigenvalue weighted by atomic mass is 9.84. The smallest absolute Gasteiger partial charge is 0.361 e. The van der Waals surface area contributed by atoms with E-state index < -0.39 is 17.7 Å². The molecule has 3 aromatic carbocycles. The normalized spacial score (nSPS) is 15.7. The summed E-state index contributed by atoms with van der Waals surface area (Å²) in [6, 6.07) is 21.6. The molecule has 7 heteroatoms. The van der Waals surface area contributed by atoms with E-state index in [9.17, 15) is 18.0 Å². The second-order valence-corrected chi connectivity index (χ2v) is 10.3. The highest BCUT2D eigenvalue weighted by atomic mass is 19.4. The van der Waals surface area contributed by atoms with Gasteiger partial charge in [0.25, 0.3) is 0 Å². The molecule has 1 aliphatic rings. The van der Waals surface area contributed by atoms with Gasteiger partial charge in [-0.1, -0.05) is 85.8 Å². The van der Waals surface area contributed by atoms with Crippen LogP contribution in [0.15, 0.2) is 85.1 Å². The summed E-state index contributed by atoms with van der Waals surface area (Å²) in [5.74, 6) is -0.847. The van der Waals surface area contributed by atoms with Gasteiger partial charge in [0.15, 0.2) is 0 Å². The molecule has 1 fully saturated rings. The first-order valence-electron chi connectivity index (χ1n) is 13.8. The van der Waals surface area contributed by atoms with Gasteiger partial charge in [0.1, 0.15) is 0 Å². The Bertz CT molecular complexity index is 1470. The van der Waals surface area contributed by atoms with Crippen molar-refractivity contribution in [1.29, 1.82) is 0 Å². The number of halogens is 3. The lowest BCUT2D eigenvalue weighted by Crippen LogP contribution is -2.48. The van der Waals surface area contributed by atoms with E-state index in [1.54, 1.807) is 17.2 Å². The number of nitrogens with zero attached hydrogens (tertiary/aromatic N) is 2. The number of para-hydroxylation sites is 1. The average Bonchev–Trinajstić information content (AvgIpc) is 3.40. The number of aryl methyl sites for hydroxylation is 1. The monoisotopic (exact) mass is 545 g/mol. The fourth-order valence-electron chi connectivity index (χ4n) is 5.65. The standard InChI is InChI=1S/C33H34F3N3O/c1-2-25-13-8-15-27-29(23-37-32(25)27)28(26-14-6-7-16-30(26)33(34,35)36)22-31(40)39-20-18-38(19-21-39)17-9-12-24-10-4-3-5-11-24/h3-16,23,28,37H,2,17-22H2,1H3/b12-9+. The number of amides is 1. The molecule has 4 nitrogen and oxygen atoms in total. The Kier molecular flexibility index (Phi) is 8.40. The summed E-state index contributed by atoms with van der Waals surface area (Å²) in [5, 5.41) is 0.865. The third-order valence-corrected chi connectivity index (χ3v) is 7.81. The van der Waals surface area contributed by atoms with Gasteiger partial charge in [-0.2, -0.15) is 13.2 Å². The van der Waals surface area contributed by atoms with Crippen molar-refractivity contribution >= 4 is 22.9 Å². The van der Waals surface area contributed by atoms with Crippen LogP contribution in [0.3, 0.4) is 0 Å². The molecule has 1 N–H and O–H groups in total. The molecule has 0 spiro atoms. The van der Waals surface area contributed by atoms with E-state index in [1.807, 2.05) is 43.3 Å². The van der Waals surface area contributed by atoms with Crippen molar-refractivity contribution in [3.8, 4) is 0 Å². The molecule has 2 heterocycles. The quantitative estimate of drug-likeness (QED) is 0.256. The van der Waals surface area contributed by atoms with Crippen molar-refractivity contribution in [3.05, 3.63) is 113 Å². The van der Waals surface area contributed by atoms with Crippen LogP contribution in [0.5, 0.6) is 0 Å². The number of alkyl halides is 3. The van der Waals surface area contributed by atoms with E-state index in [-0.39, 0.29) is 17.9 Å². The van der Waals surface area contributed by atoms with Crippen LogP contribution in [0.2, 0.25) is 0 Å². The van der Waals surface area contributed by atoms with Gasteiger partial charge in [0.05, 0.1) is 5.56 Å². The number of nitrogens with one attached hydrogen (secondary N) is 1. The number of aromatic nitrogens is 1. The molecule has 1 atom stereocenters. The zero-order valence-corrected chi connectivity index (χ0v) is 22.6. The number of piperazine rings is 1. The molecule has 1 saturated heterocycles. The van der Waals surface area contributed by atoms with Crippen LogP contribution in [0.25, 0.3) is 17.0 Å². The summed E-state index contributed by atoms with van der Waals surface area (Å²) in [5.41, 5.74) is 3.32. The minimum Gasteiger partial charge on any atom is -0.361 e. The number of hydrogen-bond acceptors (Lipinski definition) is 2. The molecule has 40 heavy (non-hydrogen) atoms. The van der Waals surface area contributed by atoms with Gasteiger partial charge in [-0.15, -0.1) is 0 Å². The van der Waals surface area contributed by atoms with Gasteiger partial charge in [0.2, 0.25) is 5.91 Å². The van der Waals surface area contributed by atoms with Crippen molar-refractivity contribution in [3.63, 3.8) is 0 Å². The van der Waals surface area contributed by atoms with Gasteiger partial charge < -0.3 is 9.88 Å². The summed E-state index contributed by atoms with van der Waals surface area (Å²) < 4.78 is 42.3. The minimum atomic E-state index is -4.52. The molecule has 5 rings (SSSR count). The van der Waals surface area contributed by atoms with E-state index >= 15 is 0 Å². The lowest BCUT2D eigenvalue weighted by molar-refractivity contribution is -0.139. The van der Waals surface area contributed by atoms with Crippen LogP contribution in [-0.4, -0.2) is 53.4 Å². The zero-order chi connectivity index (χ0) is 28.1. The van der Waals surface area contributed by atoms with Crippen molar-refractivity contribution in [2.45, 2.75) is 31.9 Å². The molecule has 0 bridgehead atoms. The van der Waals surface area contributed by atoms with Gasteiger partial charge in [-0.3, -0.25) is 9.69 Å². The summed E-state index contributed by atoms with van der Waals surface area (Å²) in [6.07, 6.45) is 2.25. The topological polar surface area (TPSA) is 39.3 Å². The van der Waals surface area contributed by atoms with Gasteiger partial charge in [0, 0.05) is 62.2 Å². The van der Waals surface area contributed by atoms with Crippen LogP contribution in [-0.2, 0) is 17.4 Å². The van der Waals surface area contributed by atoms with Crippen molar-refractivity contribution in [2.75, 3.05) is 32.7 Å². The third kappa shape index (κ3) is 6.15. The van der Waals surface area contributed by atoms with E-state index in [4.69, 9.17) is 0 Å². The number of H-pyrrole nitrogens is 1. The minimum absolute atomic E-state index is 0.0235. The largest absolute Gasteiger partial charge is 0.416 e. The van der Waals surface area contributed by atoms with E-state index in [2.05, 4.69) is 34.2 Å². The highest BCUT2D eigenvalue weighted by Crippen LogP contribution is 2.41. The first kappa shape index (κ1) is 27.7. The third-order valence-electron chi connectivity index (χ3n) is 7.81. The number of benzene rings is 3. The molecule has 1 aliphatic heterocycles. The molecule has 1 amide bonds. The number of rotatable bonds is 8. The Morgan fingerprint density at radius 3 is 2.38 bits per heavy atom. The number of aromatic amines is 1. The summed E-state index contributed by atoms with van der Waals surface area (Å²) in [6.45, 7) is 5.39. The molecular formula is C33H34F3N3O. The lowest BCUT2D eigenvalue weighted by Gasteiger charge is -2.35. The van der Waals surface area contributed by atoms with E-state index in [1.165, 1.54) is 12.1 Å². The second-order valence-electron chi connectivity index (χ2n) is 10.3. The molecule has 0 radical (unpaired) electrons. The number of hydrogen-bond donors (Lipinski definition) is 1. The summed E-state index contributed by atoms with van der Waals surface area (Å²) in [4.78, 5) is 21.0. The maximum atomic E-state index is 14.1. The van der Waals surface area contributed by atoms with Crippen LogP contribution in [0, 0.1) is 0 Å². The molecule has 208 valence electrons. The van der Waals surface area contributed by atoms with Gasteiger partial charge in [-0.05, 0) is 34.7 Å². The van der Waals surface area contributed by atoms with Crippen molar-refractivity contribution in [1.82, 2.24) is 14.8 Å². The Labute approximate surface area is 233 Å². The fraction of sp³-hybridized carbons (Fsp3) is 0.303. The van der Waals surface area contributed by atoms with E-state index in [0.29, 0.717) is 13.1 Å². The predicted octanol–water partition coefficient (Wildman–Crippen LogP) is 7.13. The number of fused-ring (bicyclic) bond motifs is 1. The van der Waals surface area contributed by atoms with Crippen LogP contribution < -0.4 is 0 Å². The average molecular weight is 546 g/mol. The van der Waals surface area contributed by atoms with Crippen molar-refractivity contribution < 1.29 is 18.0 Å². The highest BCUT2D eigenvalue weighted by Gasteiger charge is 2.37.